The average Bonchev–Trinajstić information content (AvgIpc) is 2.94. The summed E-state index contributed by atoms with van der Waals surface area (Å²) < 4.78 is 0. The summed E-state index contributed by atoms with van der Waals surface area (Å²) in [7, 11) is 0. The summed E-state index contributed by atoms with van der Waals surface area (Å²) in [5.74, 6) is 0.776. The number of benzene rings is 1. The van der Waals surface area contributed by atoms with Crippen LogP contribution in [-0.4, -0.2) is 33.9 Å². The number of fused-ring (bicyclic) bond motifs is 1. The lowest BCUT2D eigenvalue weighted by molar-refractivity contribution is -0.991. The van der Waals surface area contributed by atoms with E-state index >= 15 is 0 Å². The standard InChI is InChI=1S/C19H26N2O5/c1-10(16-15(23)8-13-17(16)19(13,2)3)20-14(9-22)18(24)11-4-6-12(7-5-11)21(25)26/h4-7,13-14,17-18,20-22,24-25H,8-9H2,1-3H3. The Labute approximate surface area is 152 Å². The van der Waals surface area contributed by atoms with E-state index in [0.29, 0.717) is 23.6 Å². The first-order valence-corrected chi connectivity index (χ1v) is 8.81. The molecule has 1 aromatic carbocycles. The minimum atomic E-state index is -1.04. The summed E-state index contributed by atoms with van der Waals surface area (Å²) in [5.41, 5.74) is 2.25. The third-order valence-corrected chi connectivity index (χ3v) is 5.95. The van der Waals surface area contributed by atoms with Crippen molar-refractivity contribution in [2.75, 3.05) is 6.61 Å². The molecule has 0 bridgehead atoms. The molecule has 2 fully saturated rings. The highest BCUT2D eigenvalue weighted by atomic mass is 16.8. The van der Waals surface area contributed by atoms with E-state index in [4.69, 9.17) is 5.21 Å². The molecule has 1 aromatic rings. The Hall–Kier alpha value is -1.77. The molecule has 26 heavy (non-hydrogen) atoms. The number of allylic oxidation sites excluding steroid dienone is 2. The summed E-state index contributed by atoms with van der Waals surface area (Å²) >= 11 is 0. The number of hydrogen-bond donors (Lipinski definition) is 5. The number of aliphatic hydroxyl groups excluding tert-OH is 2. The van der Waals surface area contributed by atoms with Crippen LogP contribution in [0.5, 0.6) is 0 Å². The van der Waals surface area contributed by atoms with Crippen molar-refractivity contribution in [1.29, 1.82) is 0 Å². The third kappa shape index (κ3) is 3.17. The first-order valence-electron chi connectivity index (χ1n) is 8.81. The minimum Gasteiger partial charge on any atom is -0.595 e. The van der Waals surface area contributed by atoms with Crippen LogP contribution in [0.3, 0.4) is 0 Å². The SMILES string of the molecule is CC(NC(CO)C(O)c1ccc([NH+]([O-])O)cc1)=C1C(=O)CC2C1C2(C)C. The number of rotatable bonds is 6. The molecule has 5 N–H and O–H groups in total. The van der Waals surface area contributed by atoms with Crippen LogP contribution in [0, 0.1) is 22.5 Å². The van der Waals surface area contributed by atoms with Gasteiger partial charge in [0.2, 0.25) is 0 Å². The molecule has 2 aliphatic carbocycles. The molecule has 5 atom stereocenters. The van der Waals surface area contributed by atoms with Gasteiger partial charge in [0.25, 0.3) is 0 Å². The monoisotopic (exact) mass is 362 g/mol. The van der Waals surface area contributed by atoms with E-state index < -0.39 is 17.4 Å². The molecule has 142 valence electrons. The fourth-order valence-corrected chi connectivity index (χ4v) is 4.26. The molecule has 0 radical (unpaired) electrons. The smallest absolute Gasteiger partial charge is 0.163 e. The second-order valence-electron chi connectivity index (χ2n) is 7.88. The van der Waals surface area contributed by atoms with Gasteiger partial charge in [0.05, 0.1) is 12.6 Å². The largest absolute Gasteiger partial charge is 0.595 e. The normalized spacial score (nSPS) is 29.0. The number of carbonyl (C=O) groups excluding carboxylic acids is 1. The van der Waals surface area contributed by atoms with Crippen LogP contribution in [0.25, 0.3) is 0 Å². The van der Waals surface area contributed by atoms with Crippen LogP contribution in [0.15, 0.2) is 35.5 Å². The van der Waals surface area contributed by atoms with Crippen molar-refractivity contribution < 1.29 is 25.4 Å². The fourth-order valence-electron chi connectivity index (χ4n) is 4.26. The number of aliphatic hydroxyl groups is 2. The van der Waals surface area contributed by atoms with Gasteiger partial charge in [-0.05, 0) is 29.7 Å². The van der Waals surface area contributed by atoms with Gasteiger partial charge >= 0.3 is 0 Å². The Kier molecular flexibility index (Phi) is 4.94. The molecule has 3 rings (SSSR count). The Morgan fingerprint density at radius 2 is 2.00 bits per heavy atom. The van der Waals surface area contributed by atoms with Crippen molar-refractivity contribution >= 4 is 11.5 Å². The topological polar surface area (TPSA) is 117 Å². The number of hydrogen-bond acceptors (Lipinski definition) is 6. The molecular weight excluding hydrogens is 336 g/mol. The molecule has 7 heteroatoms. The predicted octanol–water partition coefficient (Wildman–Crippen LogP) is 0.593. The van der Waals surface area contributed by atoms with E-state index in [9.17, 15) is 20.2 Å². The average molecular weight is 362 g/mol. The third-order valence-electron chi connectivity index (χ3n) is 5.95. The van der Waals surface area contributed by atoms with Crippen molar-refractivity contribution in [2.45, 2.75) is 39.3 Å². The van der Waals surface area contributed by atoms with Crippen LogP contribution in [-0.2, 0) is 4.79 Å². The number of ketones is 1. The summed E-state index contributed by atoms with van der Waals surface area (Å²) in [4.78, 5) is 12.3. The maximum atomic E-state index is 12.3. The zero-order valence-electron chi connectivity index (χ0n) is 15.2. The number of carbonyl (C=O) groups is 1. The van der Waals surface area contributed by atoms with Crippen molar-refractivity contribution in [3.8, 4) is 0 Å². The van der Waals surface area contributed by atoms with E-state index in [1.54, 1.807) is 0 Å². The van der Waals surface area contributed by atoms with Gasteiger partial charge < -0.3 is 20.7 Å². The molecule has 0 spiro atoms. The minimum absolute atomic E-state index is 0.131. The van der Waals surface area contributed by atoms with Crippen LogP contribution in [0.2, 0.25) is 0 Å². The van der Waals surface area contributed by atoms with Crippen molar-refractivity contribution in [1.82, 2.24) is 5.32 Å². The van der Waals surface area contributed by atoms with Crippen LogP contribution >= 0.6 is 0 Å². The van der Waals surface area contributed by atoms with E-state index in [2.05, 4.69) is 19.2 Å². The summed E-state index contributed by atoms with van der Waals surface area (Å²) in [6.45, 7) is 5.81. The number of nitrogens with one attached hydrogen (secondary N) is 2. The summed E-state index contributed by atoms with van der Waals surface area (Å²) in [6.07, 6.45) is -0.465. The highest BCUT2D eigenvalue weighted by Gasteiger charge is 2.65. The Morgan fingerprint density at radius 3 is 2.50 bits per heavy atom. The van der Waals surface area contributed by atoms with Gasteiger partial charge in [-0.1, -0.05) is 26.0 Å². The van der Waals surface area contributed by atoms with Gasteiger partial charge in [-0.3, -0.25) is 4.79 Å². The quantitative estimate of drug-likeness (QED) is 0.374. The molecule has 0 aromatic heterocycles. The molecule has 0 amide bonds. The van der Waals surface area contributed by atoms with Gasteiger partial charge in [-0.2, -0.15) is 5.23 Å². The molecule has 0 heterocycles. The van der Waals surface area contributed by atoms with E-state index in [1.165, 1.54) is 24.3 Å². The highest BCUT2D eigenvalue weighted by molar-refractivity contribution is 6.01. The Balaban J connectivity index is 1.76. The molecular formula is C19H26N2O5. The number of Topliss-reactive ketones (excluding diaryl/α,β-unsaturated/α-hetero) is 1. The molecule has 0 saturated heterocycles. The van der Waals surface area contributed by atoms with Gasteiger partial charge in [0, 0.05) is 29.8 Å². The lowest BCUT2D eigenvalue weighted by atomic mass is 9.94. The maximum absolute atomic E-state index is 12.3. The highest BCUT2D eigenvalue weighted by Crippen LogP contribution is 2.68. The first-order chi connectivity index (χ1) is 12.2. The molecule has 2 aliphatic rings. The Morgan fingerprint density at radius 1 is 1.38 bits per heavy atom. The first kappa shape index (κ1) is 19.0. The summed E-state index contributed by atoms with van der Waals surface area (Å²) in [5, 5.41) is 42.2. The van der Waals surface area contributed by atoms with Crippen LogP contribution in [0.1, 0.15) is 38.9 Å². The lowest BCUT2D eigenvalue weighted by Crippen LogP contribution is -2.99. The molecule has 7 nitrogen and oxygen atoms in total. The summed E-state index contributed by atoms with van der Waals surface area (Å²) in [6, 6.07) is 5.20. The molecule has 5 unspecified atom stereocenters. The molecule has 0 aliphatic heterocycles. The predicted molar refractivity (Wildman–Crippen MR) is 94.3 cm³/mol. The van der Waals surface area contributed by atoms with E-state index in [0.717, 1.165) is 5.57 Å². The zero-order valence-corrected chi connectivity index (χ0v) is 15.2. The second-order valence-corrected chi connectivity index (χ2v) is 7.88. The maximum Gasteiger partial charge on any atom is 0.163 e. The number of quaternary nitrogens is 1. The van der Waals surface area contributed by atoms with E-state index in [1.807, 2.05) is 6.92 Å². The van der Waals surface area contributed by atoms with Gasteiger partial charge in [-0.15, -0.1) is 0 Å². The molecule has 2 saturated carbocycles. The van der Waals surface area contributed by atoms with Gasteiger partial charge in [0.1, 0.15) is 6.10 Å². The van der Waals surface area contributed by atoms with Crippen molar-refractivity contribution in [2.24, 2.45) is 17.3 Å². The lowest BCUT2D eigenvalue weighted by Gasteiger charge is -2.25. The van der Waals surface area contributed by atoms with Gasteiger partial charge in [-0.25, -0.2) is 5.21 Å². The van der Waals surface area contributed by atoms with Crippen molar-refractivity contribution in [3.05, 3.63) is 46.3 Å². The van der Waals surface area contributed by atoms with Crippen LogP contribution < -0.4 is 10.5 Å². The fraction of sp³-hybridized carbons (Fsp3) is 0.526. The van der Waals surface area contributed by atoms with Gasteiger partial charge in [0.15, 0.2) is 11.5 Å². The zero-order chi connectivity index (χ0) is 19.2. The second kappa shape index (κ2) is 6.75. The van der Waals surface area contributed by atoms with Crippen LogP contribution in [0.4, 0.5) is 5.69 Å². The Bertz CT molecular complexity index is 726. The van der Waals surface area contributed by atoms with Crippen molar-refractivity contribution in [3.63, 3.8) is 0 Å². The van der Waals surface area contributed by atoms with E-state index in [-0.39, 0.29) is 29.4 Å².